The number of halogens is 3. The number of carbonyl (C=O) groups excluding carboxylic acids is 1. The summed E-state index contributed by atoms with van der Waals surface area (Å²) in [5.74, 6) is -5.90. The molecule has 0 aliphatic rings. The predicted octanol–water partition coefficient (Wildman–Crippen LogP) is 3.12. The van der Waals surface area contributed by atoms with E-state index in [4.69, 9.17) is 4.74 Å². The molecule has 1 heterocycles. The van der Waals surface area contributed by atoms with E-state index in [1.807, 2.05) is 0 Å². The highest BCUT2D eigenvalue weighted by atomic mass is 19.1. The normalized spacial score (nSPS) is 10.2. The smallest absolute Gasteiger partial charge is 0.345 e. The highest BCUT2D eigenvalue weighted by Gasteiger charge is 2.23. The van der Waals surface area contributed by atoms with Crippen molar-refractivity contribution in [2.45, 2.75) is 0 Å². The van der Waals surface area contributed by atoms with Crippen molar-refractivity contribution in [3.05, 3.63) is 53.7 Å². The van der Waals surface area contributed by atoms with E-state index >= 15 is 0 Å². The van der Waals surface area contributed by atoms with E-state index in [1.54, 1.807) is 0 Å². The summed E-state index contributed by atoms with van der Waals surface area (Å²) in [6, 6.07) is 0.873. The third-order valence-corrected chi connectivity index (χ3v) is 2.59. The lowest BCUT2D eigenvalue weighted by atomic mass is 10.2. The number of ether oxygens (including phenoxy) is 2. The van der Waals surface area contributed by atoms with Crippen LogP contribution in [-0.4, -0.2) is 23.0 Å². The molecule has 0 radical (unpaired) electrons. The van der Waals surface area contributed by atoms with Crippen LogP contribution >= 0.6 is 0 Å². The molecule has 1 aromatic carbocycles. The molecule has 0 atom stereocenters. The van der Waals surface area contributed by atoms with Gasteiger partial charge in [-0.15, -0.1) is 0 Å². The number of nitrogens with zero attached hydrogens (tertiary/aromatic N) is 2. The minimum Gasteiger partial charge on any atom is -0.465 e. The Morgan fingerprint density at radius 1 is 1.23 bits per heavy atom. The minimum absolute atomic E-state index is 0.0554. The Hall–Kier alpha value is -2.90. The van der Waals surface area contributed by atoms with E-state index in [0.29, 0.717) is 12.1 Å². The number of hydrogen-bond acceptors (Lipinski definition) is 5. The average Bonchev–Trinajstić information content (AvgIpc) is 2.49. The maximum Gasteiger partial charge on any atom is 0.345 e. The molecule has 114 valence electrons. The molecule has 0 spiro atoms. The van der Waals surface area contributed by atoms with Crippen LogP contribution in [0.4, 0.5) is 13.2 Å². The summed E-state index contributed by atoms with van der Waals surface area (Å²) in [4.78, 5) is 19.2. The van der Waals surface area contributed by atoms with Gasteiger partial charge in [0, 0.05) is 12.1 Å². The molecule has 0 aliphatic carbocycles. The maximum absolute atomic E-state index is 13.6. The van der Waals surface area contributed by atoms with Crippen molar-refractivity contribution in [1.29, 1.82) is 0 Å². The van der Waals surface area contributed by atoms with Gasteiger partial charge in [0.1, 0.15) is 17.7 Å². The van der Waals surface area contributed by atoms with Crippen molar-refractivity contribution in [3.63, 3.8) is 0 Å². The van der Waals surface area contributed by atoms with E-state index in [-0.39, 0.29) is 11.3 Å². The van der Waals surface area contributed by atoms with E-state index in [1.165, 1.54) is 6.08 Å². The first-order valence-electron chi connectivity index (χ1n) is 5.86. The molecule has 2 rings (SSSR count). The first-order chi connectivity index (χ1) is 10.5. The molecule has 2 aromatic rings. The maximum atomic E-state index is 13.6. The molecular weight excluding hydrogens is 301 g/mol. The van der Waals surface area contributed by atoms with Gasteiger partial charge in [0.2, 0.25) is 11.6 Å². The monoisotopic (exact) mass is 310 g/mol. The second-order valence-electron chi connectivity index (χ2n) is 3.94. The zero-order valence-corrected chi connectivity index (χ0v) is 11.3. The highest BCUT2D eigenvalue weighted by molar-refractivity contribution is 5.95. The Morgan fingerprint density at radius 2 is 1.86 bits per heavy atom. The predicted molar refractivity (Wildman–Crippen MR) is 69.9 cm³/mol. The molecule has 8 heteroatoms. The Labute approximate surface area is 123 Å². The molecule has 0 aliphatic heterocycles. The molecule has 5 nitrogen and oxygen atoms in total. The van der Waals surface area contributed by atoms with Gasteiger partial charge in [-0.3, -0.25) is 0 Å². The second-order valence-corrected chi connectivity index (χ2v) is 3.94. The number of methoxy groups -OCH3 is 1. The number of hydrogen-bond donors (Lipinski definition) is 0. The quantitative estimate of drug-likeness (QED) is 0.812. The molecule has 0 bridgehead atoms. The van der Waals surface area contributed by atoms with Gasteiger partial charge < -0.3 is 9.47 Å². The molecule has 0 amide bonds. The largest absolute Gasteiger partial charge is 0.465 e. The fraction of sp³-hybridized carbons (Fsp3) is 0.0714. The summed E-state index contributed by atoms with van der Waals surface area (Å²) in [5.41, 5.74) is -0.206. The van der Waals surface area contributed by atoms with E-state index in [0.717, 1.165) is 13.4 Å². The van der Waals surface area contributed by atoms with Crippen LogP contribution < -0.4 is 4.74 Å². The van der Waals surface area contributed by atoms with Gasteiger partial charge in [0.25, 0.3) is 0 Å². The van der Waals surface area contributed by atoms with E-state index in [2.05, 4.69) is 21.3 Å². The molecule has 0 saturated carbocycles. The zero-order chi connectivity index (χ0) is 16.3. The lowest BCUT2D eigenvalue weighted by molar-refractivity contribution is 0.0596. The summed E-state index contributed by atoms with van der Waals surface area (Å²) in [5, 5.41) is 0. The van der Waals surface area contributed by atoms with Crippen LogP contribution in [0.15, 0.2) is 25.0 Å². The van der Waals surface area contributed by atoms with Crippen molar-refractivity contribution in [1.82, 2.24) is 9.97 Å². The number of aromatic nitrogens is 2. The van der Waals surface area contributed by atoms with Crippen LogP contribution in [0.25, 0.3) is 6.08 Å². The third kappa shape index (κ3) is 2.90. The number of rotatable bonds is 4. The standard InChI is InChI=1S/C14H9F3N2O3/c1-3-10-11(14(20)21-2)13(19-6-18-10)22-12-8(16)4-7(15)5-9(12)17/h3-6H,1H2,2H3. The summed E-state index contributed by atoms with van der Waals surface area (Å²) in [7, 11) is 1.10. The first kappa shape index (κ1) is 15.5. The zero-order valence-electron chi connectivity index (χ0n) is 11.3. The molecule has 0 unspecified atom stereocenters. The van der Waals surface area contributed by atoms with Crippen molar-refractivity contribution < 1.29 is 27.4 Å². The van der Waals surface area contributed by atoms with Gasteiger partial charge in [-0.2, -0.15) is 0 Å². The van der Waals surface area contributed by atoms with Gasteiger partial charge in [0.15, 0.2) is 11.6 Å². The van der Waals surface area contributed by atoms with E-state index < -0.39 is 35.1 Å². The number of carbonyl (C=O) groups is 1. The summed E-state index contributed by atoms with van der Waals surface area (Å²) >= 11 is 0. The van der Waals surface area contributed by atoms with Crippen LogP contribution in [-0.2, 0) is 4.74 Å². The van der Waals surface area contributed by atoms with Gasteiger partial charge in [-0.25, -0.2) is 27.9 Å². The number of benzene rings is 1. The fourth-order valence-corrected chi connectivity index (χ4v) is 1.63. The SMILES string of the molecule is C=Cc1ncnc(Oc2c(F)cc(F)cc2F)c1C(=O)OC. The van der Waals surface area contributed by atoms with Crippen LogP contribution in [0.1, 0.15) is 16.1 Å². The molecular formula is C14H9F3N2O3. The summed E-state index contributed by atoms with van der Waals surface area (Å²) < 4.78 is 49.6. The van der Waals surface area contributed by atoms with Gasteiger partial charge in [-0.1, -0.05) is 6.58 Å². The molecule has 0 saturated heterocycles. The Kier molecular flexibility index (Phi) is 4.40. The van der Waals surface area contributed by atoms with Crippen LogP contribution in [0.2, 0.25) is 0 Å². The van der Waals surface area contributed by atoms with E-state index in [9.17, 15) is 18.0 Å². The van der Waals surface area contributed by atoms with Gasteiger partial charge in [0.05, 0.1) is 12.8 Å². The average molecular weight is 310 g/mol. The minimum atomic E-state index is -1.29. The van der Waals surface area contributed by atoms with Gasteiger partial charge in [-0.05, 0) is 6.08 Å². The third-order valence-electron chi connectivity index (χ3n) is 2.59. The molecule has 0 fully saturated rings. The Bertz CT molecular complexity index is 727. The van der Waals surface area contributed by atoms with Crippen LogP contribution in [0.3, 0.4) is 0 Å². The summed E-state index contributed by atoms with van der Waals surface area (Å²) in [6.45, 7) is 3.45. The van der Waals surface area contributed by atoms with Crippen molar-refractivity contribution >= 4 is 12.0 Å². The fourth-order valence-electron chi connectivity index (χ4n) is 1.63. The first-order valence-corrected chi connectivity index (χ1v) is 5.86. The molecule has 1 aromatic heterocycles. The Balaban J connectivity index is 2.55. The Morgan fingerprint density at radius 3 is 2.41 bits per heavy atom. The van der Waals surface area contributed by atoms with Crippen LogP contribution in [0.5, 0.6) is 11.6 Å². The van der Waals surface area contributed by atoms with Gasteiger partial charge >= 0.3 is 5.97 Å². The van der Waals surface area contributed by atoms with Crippen molar-refractivity contribution in [3.8, 4) is 11.6 Å². The topological polar surface area (TPSA) is 61.3 Å². The number of esters is 1. The summed E-state index contributed by atoms with van der Waals surface area (Å²) in [6.07, 6.45) is 2.23. The lowest BCUT2D eigenvalue weighted by Crippen LogP contribution is -2.10. The van der Waals surface area contributed by atoms with Crippen molar-refractivity contribution in [2.24, 2.45) is 0 Å². The van der Waals surface area contributed by atoms with Crippen LogP contribution in [0, 0.1) is 17.5 Å². The highest BCUT2D eigenvalue weighted by Crippen LogP contribution is 2.30. The molecule has 0 N–H and O–H groups in total. The lowest BCUT2D eigenvalue weighted by Gasteiger charge is -2.11. The second kappa shape index (κ2) is 6.25. The van der Waals surface area contributed by atoms with Crippen molar-refractivity contribution in [2.75, 3.05) is 7.11 Å². The molecule has 22 heavy (non-hydrogen) atoms.